The van der Waals surface area contributed by atoms with Gasteiger partial charge in [0.2, 0.25) is 0 Å². The molecule has 0 aliphatic heterocycles. The largest absolute Gasteiger partial charge is 0.380 e. The van der Waals surface area contributed by atoms with Gasteiger partial charge in [0, 0.05) is 36.9 Å². The number of rotatable bonds is 6. The first-order valence-corrected chi connectivity index (χ1v) is 8.43. The highest BCUT2D eigenvalue weighted by Crippen LogP contribution is 2.20. The Kier molecular flexibility index (Phi) is 5.98. The molecule has 20 heavy (non-hydrogen) atoms. The first-order valence-electron chi connectivity index (χ1n) is 6.12. The molecule has 1 aromatic carbocycles. The standard InChI is InChI=1S/C13H18ClNO4S/c1-4-5-15(2)13(16)11-6-10(9-19-3)7-12(8-11)20(14,17)18/h6-8H,4-5,9H2,1-3H3. The zero-order valence-electron chi connectivity index (χ0n) is 11.7. The number of carbonyl (C=O) groups is 1. The monoisotopic (exact) mass is 319 g/mol. The summed E-state index contributed by atoms with van der Waals surface area (Å²) in [6.45, 7) is 2.76. The maximum atomic E-state index is 12.2. The molecule has 0 aromatic heterocycles. The van der Waals surface area contributed by atoms with Crippen molar-refractivity contribution in [3.63, 3.8) is 0 Å². The lowest BCUT2D eigenvalue weighted by Crippen LogP contribution is -2.27. The molecule has 0 aliphatic carbocycles. The second kappa shape index (κ2) is 7.06. The van der Waals surface area contributed by atoms with Crippen LogP contribution < -0.4 is 0 Å². The lowest BCUT2D eigenvalue weighted by Gasteiger charge is -2.17. The molecule has 0 spiro atoms. The normalized spacial score (nSPS) is 11.4. The van der Waals surface area contributed by atoms with Crippen molar-refractivity contribution in [1.82, 2.24) is 4.90 Å². The van der Waals surface area contributed by atoms with Crippen LogP contribution in [0.4, 0.5) is 0 Å². The van der Waals surface area contributed by atoms with E-state index in [0.29, 0.717) is 12.1 Å². The van der Waals surface area contributed by atoms with Crippen LogP contribution in [0.5, 0.6) is 0 Å². The number of hydrogen-bond acceptors (Lipinski definition) is 4. The Hall–Kier alpha value is -1.11. The van der Waals surface area contributed by atoms with Gasteiger partial charge in [-0.3, -0.25) is 4.79 Å². The highest BCUT2D eigenvalue weighted by molar-refractivity contribution is 8.13. The first kappa shape index (κ1) is 16.9. The van der Waals surface area contributed by atoms with E-state index in [9.17, 15) is 13.2 Å². The van der Waals surface area contributed by atoms with Gasteiger partial charge in [0.25, 0.3) is 15.0 Å². The molecule has 0 aliphatic rings. The number of methoxy groups -OCH3 is 1. The van der Waals surface area contributed by atoms with Crippen LogP contribution >= 0.6 is 10.7 Å². The van der Waals surface area contributed by atoms with Crippen molar-refractivity contribution < 1.29 is 17.9 Å². The fourth-order valence-electron chi connectivity index (χ4n) is 1.83. The van der Waals surface area contributed by atoms with E-state index in [1.807, 2.05) is 6.92 Å². The summed E-state index contributed by atoms with van der Waals surface area (Å²) in [6.07, 6.45) is 0.820. The summed E-state index contributed by atoms with van der Waals surface area (Å²) >= 11 is 0. The lowest BCUT2D eigenvalue weighted by atomic mass is 10.1. The zero-order valence-corrected chi connectivity index (χ0v) is 13.3. The molecule has 1 aromatic rings. The van der Waals surface area contributed by atoms with Crippen molar-refractivity contribution in [2.75, 3.05) is 20.7 Å². The Labute approximate surface area is 123 Å². The Balaban J connectivity index is 3.25. The van der Waals surface area contributed by atoms with Gasteiger partial charge >= 0.3 is 0 Å². The average Bonchev–Trinajstić information content (AvgIpc) is 2.37. The zero-order chi connectivity index (χ0) is 15.3. The summed E-state index contributed by atoms with van der Waals surface area (Å²) in [5.74, 6) is -0.244. The Morgan fingerprint density at radius 2 is 2.00 bits per heavy atom. The minimum atomic E-state index is -3.89. The van der Waals surface area contributed by atoms with Gasteiger partial charge in [-0.15, -0.1) is 0 Å². The number of hydrogen-bond donors (Lipinski definition) is 0. The third-order valence-electron chi connectivity index (χ3n) is 2.71. The van der Waals surface area contributed by atoms with Gasteiger partial charge in [0.1, 0.15) is 0 Å². The van der Waals surface area contributed by atoms with Gasteiger partial charge < -0.3 is 9.64 Å². The van der Waals surface area contributed by atoms with E-state index in [-0.39, 0.29) is 23.0 Å². The Bertz CT molecular complexity index is 586. The SMILES string of the molecule is CCCN(C)C(=O)c1cc(COC)cc(S(=O)(=O)Cl)c1. The maximum absolute atomic E-state index is 12.2. The van der Waals surface area contributed by atoms with Crippen LogP contribution in [-0.2, 0) is 20.4 Å². The summed E-state index contributed by atoms with van der Waals surface area (Å²) in [7, 11) is 4.63. The number of nitrogens with zero attached hydrogens (tertiary/aromatic N) is 1. The average molecular weight is 320 g/mol. The highest BCUT2D eigenvalue weighted by Gasteiger charge is 2.17. The van der Waals surface area contributed by atoms with Crippen LogP contribution in [0.25, 0.3) is 0 Å². The number of ether oxygens (including phenoxy) is 1. The van der Waals surface area contributed by atoms with E-state index in [0.717, 1.165) is 6.42 Å². The highest BCUT2D eigenvalue weighted by atomic mass is 35.7. The third-order valence-corrected chi connectivity index (χ3v) is 4.04. The molecule has 0 fully saturated rings. The lowest BCUT2D eigenvalue weighted by molar-refractivity contribution is 0.0794. The molecule has 0 saturated heterocycles. The molecule has 0 atom stereocenters. The summed E-state index contributed by atoms with van der Waals surface area (Å²) in [5, 5.41) is 0. The number of benzene rings is 1. The number of carbonyl (C=O) groups excluding carboxylic acids is 1. The molecule has 5 nitrogen and oxygen atoms in total. The van der Waals surface area contributed by atoms with Crippen LogP contribution in [0.15, 0.2) is 23.1 Å². The Morgan fingerprint density at radius 1 is 1.35 bits per heavy atom. The van der Waals surface area contributed by atoms with Crippen molar-refractivity contribution in [3.8, 4) is 0 Å². The molecule has 112 valence electrons. The van der Waals surface area contributed by atoms with Gasteiger partial charge in [-0.05, 0) is 30.2 Å². The topological polar surface area (TPSA) is 63.7 Å². The second-order valence-electron chi connectivity index (χ2n) is 4.46. The minimum absolute atomic E-state index is 0.0954. The molecule has 7 heteroatoms. The van der Waals surface area contributed by atoms with Gasteiger partial charge in [-0.25, -0.2) is 8.42 Å². The van der Waals surface area contributed by atoms with Gasteiger partial charge in [0.15, 0.2) is 0 Å². The van der Waals surface area contributed by atoms with Gasteiger partial charge in [-0.2, -0.15) is 0 Å². The van der Waals surface area contributed by atoms with Gasteiger partial charge in [-0.1, -0.05) is 6.92 Å². The van der Waals surface area contributed by atoms with Crippen molar-refractivity contribution in [3.05, 3.63) is 29.3 Å². The molecule has 1 amide bonds. The van der Waals surface area contributed by atoms with E-state index in [2.05, 4.69) is 0 Å². The van der Waals surface area contributed by atoms with E-state index < -0.39 is 9.05 Å². The molecule has 0 unspecified atom stereocenters. The van der Waals surface area contributed by atoms with Crippen molar-refractivity contribution in [2.45, 2.75) is 24.8 Å². The summed E-state index contributed by atoms with van der Waals surface area (Å²) in [6, 6.07) is 4.31. The van der Waals surface area contributed by atoms with Crippen molar-refractivity contribution in [1.29, 1.82) is 0 Å². The van der Waals surface area contributed by atoms with E-state index in [1.54, 1.807) is 13.1 Å². The van der Waals surface area contributed by atoms with E-state index >= 15 is 0 Å². The molecule has 0 heterocycles. The molecule has 0 saturated carbocycles. The quantitative estimate of drug-likeness (QED) is 0.754. The van der Waals surface area contributed by atoms with Crippen LogP contribution in [0, 0.1) is 0 Å². The molecule has 0 bridgehead atoms. The predicted octanol–water partition coefficient (Wildman–Crippen LogP) is 2.24. The number of amides is 1. The van der Waals surface area contributed by atoms with Crippen LogP contribution in [0.1, 0.15) is 29.3 Å². The van der Waals surface area contributed by atoms with Crippen LogP contribution in [-0.4, -0.2) is 39.9 Å². The van der Waals surface area contributed by atoms with Gasteiger partial charge in [0.05, 0.1) is 11.5 Å². The smallest absolute Gasteiger partial charge is 0.261 e. The summed E-state index contributed by atoms with van der Waals surface area (Å²) in [4.78, 5) is 13.7. The third kappa shape index (κ3) is 4.47. The van der Waals surface area contributed by atoms with E-state index in [4.69, 9.17) is 15.4 Å². The van der Waals surface area contributed by atoms with Crippen molar-refractivity contribution >= 4 is 25.6 Å². The number of halogens is 1. The second-order valence-corrected chi connectivity index (χ2v) is 7.03. The van der Waals surface area contributed by atoms with Crippen LogP contribution in [0.3, 0.4) is 0 Å². The van der Waals surface area contributed by atoms with Crippen molar-refractivity contribution in [2.24, 2.45) is 0 Å². The molecule has 0 radical (unpaired) electrons. The molecule has 0 N–H and O–H groups in total. The van der Waals surface area contributed by atoms with E-state index in [1.165, 1.54) is 24.1 Å². The maximum Gasteiger partial charge on any atom is 0.261 e. The first-order chi connectivity index (χ1) is 9.29. The fraction of sp³-hybridized carbons (Fsp3) is 0.462. The molecule has 1 rings (SSSR count). The Morgan fingerprint density at radius 3 is 2.50 bits per heavy atom. The summed E-state index contributed by atoms with van der Waals surface area (Å²) < 4.78 is 27.9. The fourth-order valence-corrected chi connectivity index (χ4v) is 2.66. The van der Waals surface area contributed by atoms with Crippen LogP contribution in [0.2, 0.25) is 0 Å². The molecular weight excluding hydrogens is 302 g/mol. The minimum Gasteiger partial charge on any atom is -0.380 e. The summed E-state index contributed by atoms with van der Waals surface area (Å²) in [5.41, 5.74) is 0.872. The predicted molar refractivity (Wildman–Crippen MR) is 77.4 cm³/mol. The molecular formula is C13H18ClNO4S.